The lowest BCUT2D eigenvalue weighted by Crippen LogP contribution is -2.42. The van der Waals surface area contributed by atoms with Gasteiger partial charge in [-0.15, -0.1) is 0 Å². The number of nitrogens with zero attached hydrogens (tertiary/aromatic N) is 4. The van der Waals surface area contributed by atoms with Crippen molar-refractivity contribution in [2.75, 3.05) is 4.90 Å². The smallest absolute Gasteiger partial charge is 0.276 e. The van der Waals surface area contributed by atoms with Crippen molar-refractivity contribution in [3.63, 3.8) is 0 Å². The van der Waals surface area contributed by atoms with E-state index in [-0.39, 0.29) is 28.0 Å². The number of carbonyl (C=O) groups is 2. The normalized spacial score (nSPS) is 15.1. The lowest BCUT2D eigenvalue weighted by Gasteiger charge is -2.27. The van der Waals surface area contributed by atoms with Crippen LogP contribution in [0.5, 0.6) is 5.88 Å². The summed E-state index contributed by atoms with van der Waals surface area (Å²) in [7, 11) is 0. The number of imide groups is 1. The van der Waals surface area contributed by atoms with Gasteiger partial charge in [0.2, 0.25) is 11.6 Å². The maximum atomic E-state index is 13.4. The number of carbonyl (C=O) groups excluding carboxylic acids is 2. The van der Waals surface area contributed by atoms with E-state index in [4.69, 9.17) is 6.57 Å². The molecular weight excluding hydrogens is 504 g/mol. The molecule has 40 heavy (non-hydrogen) atoms. The first kappa shape index (κ1) is 27.3. The zero-order valence-corrected chi connectivity index (χ0v) is 22.0. The predicted octanol–water partition coefficient (Wildman–Crippen LogP) is 5.70. The van der Waals surface area contributed by atoms with E-state index in [2.05, 4.69) is 4.85 Å². The number of benzene rings is 2. The van der Waals surface area contributed by atoms with Crippen LogP contribution in [-0.4, -0.2) is 21.5 Å². The maximum Gasteiger partial charge on any atom is 0.276 e. The predicted molar refractivity (Wildman–Crippen MR) is 153 cm³/mol. The first-order valence-corrected chi connectivity index (χ1v) is 12.2. The van der Waals surface area contributed by atoms with E-state index in [1.807, 2.05) is 6.07 Å². The standard InChI is InChI=1S/C32H24N4O4/c1-20(15-17-25-21(2)27(19-33)31(39)35(29(25)37)23-11-7-5-8-12-23)16-18-26-22(3)28(34-4)32(40)36(30(26)38)24-13-9-6-10-14-24/h5-18,40H,1-3H3. The van der Waals surface area contributed by atoms with Gasteiger partial charge in [0.15, 0.2) is 0 Å². The summed E-state index contributed by atoms with van der Waals surface area (Å²) in [4.78, 5) is 44.0. The van der Waals surface area contributed by atoms with Crippen molar-refractivity contribution in [1.29, 1.82) is 5.26 Å². The highest BCUT2D eigenvalue weighted by Crippen LogP contribution is 2.33. The number of pyridine rings is 1. The van der Waals surface area contributed by atoms with Gasteiger partial charge in [0.1, 0.15) is 11.6 Å². The van der Waals surface area contributed by atoms with Crippen LogP contribution in [-0.2, 0) is 9.59 Å². The minimum atomic E-state index is -0.679. The second-order valence-electron chi connectivity index (χ2n) is 9.02. The number of aromatic hydroxyl groups is 1. The topological polar surface area (TPSA) is 108 Å². The number of rotatable bonds is 5. The van der Waals surface area contributed by atoms with Crippen LogP contribution in [0.2, 0.25) is 0 Å². The molecule has 0 spiro atoms. The molecule has 2 amide bonds. The molecule has 0 atom stereocenters. The summed E-state index contributed by atoms with van der Waals surface area (Å²) >= 11 is 0. The van der Waals surface area contributed by atoms with E-state index in [1.165, 1.54) is 6.08 Å². The highest BCUT2D eigenvalue weighted by Gasteiger charge is 2.36. The van der Waals surface area contributed by atoms with Crippen LogP contribution in [0.3, 0.4) is 0 Å². The third-order valence-corrected chi connectivity index (χ3v) is 6.52. The van der Waals surface area contributed by atoms with Gasteiger partial charge in [0.25, 0.3) is 17.4 Å². The van der Waals surface area contributed by atoms with Gasteiger partial charge in [-0.1, -0.05) is 60.2 Å². The van der Waals surface area contributed by atoms with Crippen molar-refractivity contribution in [1.82, 2.24) is 4.57 Å². The molecule has 0 bridgehead atoms. The van der Waals surface area contributed by atoms with E-state index < -0.39 is 23.3 Å². The average molecular weight is 529 g/mol. The molecule has 0 unspecified atom stereocenters. The van der Waals surface area contributed by atoms with Crippen molar-refractivity contribution in [3.8, 4) is 17.6 Å². The highest BCUT2D eigenvalue weighted by atomic mass is 16.3. The van der Waals surface area contributed by atoms with Crippen LogP contribution in [0.15, 0.2) is 106 Å². The van der Waals surface area contributed by atoms with Crippen molar-refractivity contribution in [2.45, 2.75) is 20.8 Å². The lowest BCUT2D eigenvalue weighted by molar-refractivity contribution is -0.122. The van der Waals surface area contributed by atoms with Gasteiger partial charge in [-0.2, -0.15) is 5.26 Å². The number of anilines is 1. The Hall–Kier alpha value is -5.73. The Morgan fingerprint density at radius 1 is 0.975 bits per heavy atom. The number of hydrogen-bond acceptors (Lipinski definition) is 5. The van der Waals surface area contributed by atoms with E-state index in [9.17, 15) is 24.8 Å². The molecule has 8 nitrogen and oxygen atoms in total. The molecule has 0 fully saturated rings. The Morgan fingerprint density at radius 3 is 2.15 bits per heavy atom. The fourth-order valence-corrected chi connectivity index (χ4v) is 4.33. The Kier molecular flexibility index (Phi) is 7.74. The SMILES string of the molecule is [C-]#[N+]c1c(C)c(C=CC(C)=CC=C2C(=O)N(c3ccccc3)C(=O)C(C#N)=C2C)c(=O)n(-c2ccccc2)c1O. The first-order valence-electron chi connectivity index (χ1n) is 12.2. The molecule has 2 aromatic carbocycles. The van der Waals surface area contributed by atoms with Crippen molar-refractivity contribution < 1.29 is 14.7 Å². The molecule has 1 aliphatic rings. The summed E-state index contributed by atoms with van der Waals surface area (Å²) in [5.74, 6) is -1.66. The third-order valence-electron chi connectivity index (χ3n) is 6.52. The molecule has 4 rings (SSSR count). The van der Waals surface area contributed by atoms with E-state index in [0.717, 1.165) is 9.47 Å². The van der Waals surface area contributed by atoms with E-state index >= 15 is 0 Å². The Balaban J connectivity index is 1.76. The van der Waals surface area contributed by atoms with Gasteiger partial charge < -0.3 is 5.11 Å². The number of para-hydroxylation sites is 2. The summed E-state index contributed by atoms with van der Waals surface area (Å²) in [6.45, 7) is 12.4. The van der Waals surface area contributed by atoms with E-state index in [0.29, 0.717) is 22.5 Å². The summed E-state index contributed by atoms with van der Waals surface area (Å²) in [5.41, 5.74) is 1.82. The minimum absolute atomic E-state index is 0.0323. The molecule has 3 aromatic rings. The molecule has 2 heterocycles. The van der Waals surface area contributed by atoms with Crippen molar-refractivity contribution in [2.24, 2.45) is 0 Å². The van der Waals surface area contributed by atoms with Crippen molar-refractivity contribution >= 4 is 29.3 Å². The van der Waals surface area contributed by atoms with Crippen LogP contribution >= 0.6 is 0 Å². The largest absolute Gasteiger partial charge is 0.502 e. The number of allylic oxidation sites excluding steroid dienone is 4. The molecule has 0 radical (unpaired) electrons. The fourth-order valence-electron chi connectivity index (χ4n) is 4.33. The molecular formula is C32H24N4O4. The molecule has 1 N–H and O–H groups in total. The minimum Gasteiger partial charge on any atom is -0.502 e. The number of aromatic nitrogens is 1. The maximum absolute atomic E-state index is 13.4. The van der Waals surface area contributed by atoms with Crippen LogP contribution in [0.25, 0.3) is 16.6 Å². The highest BCUT2D eigenvalue weighted by molar-refractivity contribution is 6.31. The molecule has 0 aliphatic carbocycles. The molecule has 0 saturated carbocycles. The monoisotopic (exact) mass is 528 g/mol. The second kappa shape index (κ2) is 11.3. The number of amides is 2. The second-order valence-corrected chi connectivity index (χ2v) is 9.02. The average Bonchev–Trinajstić information content (AvgIpc) is 2.94. The zero-order chi connectivity index (χ0) is 29.0. The van der Waals surface area contributed by atoms with Gasteiger partial charge in [0, 0.05) is 11.1 Å². The van der Waals surface area contributed by atoms with Crippen LogP contribution in [0.1, 0.15) is 25.0 Å². The summed E-state index contributed by atoms with van der Waals surface area (Å²) in [6, 6.07) is 18.8. The molecule has 8 heteroatoms. The van der Waals surface area contributed by atoms with Gasteiger partial charge in [-0.25, -0.2) is 9.74 Å². The van der Waals surface area contributed by atoms with Gasteiger partial charge in [-0.05, 0) is 62.2 Å². The molecule has 196 valence electrons. The zero-order valence-electron chi connectivity index (χ0n) is 22.0. The van der Waals surface area contributed by atoms with Crippen LogP contribution < -0.4 is 10.5 Å². The van der Waals surface area contributed by atoms with Gasteiger partial charge in [-0.3, -0.25) is 19.0 Å². The Morgan fingerprint density at radius 2 is 1.57 bits per heavy atom. The quantitative estimate of drug-likeness (QED) is 0.198. The van der Waals surface area contributed by atoms with Crippen molar-refractivity contribution in [3.05, 3.63) is 134 Å². The molecule has 1 aromatic heterocycles. The fraction of sp³-hybridized carbons (Fsp3) is 0.0938. The summed E-state index contributed by atoms with van der Waals surface area (Å²) in [5, 5.41) is 20.3. The number of hydrogen-bond donors (Lipinski definition) is 1. The van der Waals surface area contributed by atoms with E-state index in [1.54, 1.807) is 99.7 Å². The third kappa shape index (κ3) is 4.90. The van der Waals surface area contributed by atoms with Gasteiger partial charge in [0.05, 0.1) is 17.9 Å². The number of nitriles is 1. The lowest BCUT2D eigenvalue weighted by atomic mass is 9.94. The molecule has 0 saturated heterocycles. The molecule has 1 aliphatic heterocycles. The van der Waals surface area contributed by atoms with Gasteiger partial charge >= 0.3 is 0 Å². The van der Waals surface area contributed by atoms with Crippen LogP contribution in [0, 0.1) is 24.8 Å². The summed E-state index contributed by atoms with van der Waals surface area (Å²) in [6.07, 6.45) is 6.38. The summed E-state index contributed by atoms with van der Waals surface area (Å²) < 4.78 is 1.09. The Labute approximate surface area is 231 Å². The van der Waals surface area contributed by atoms with Crippen LogP contribution in [0.4, 0.5) is 11.4 Å². The first-order chi connectivity index (χ1) is 19.2. The Bertz CT molecular complexity index is 1800.